The van der Waals surface area contributed by atoms with Crippen LogP contribution in [0.2, 0.25) is 0 Å². The monoisotopic (exact) mass is 290 g/mol. The predicted molar refractivity (Wildman–Crippen MR) is 73.9 cm³/mol. The zero-order chi connectivity index (χ0) is 15.6. The Hall–Kier alpha value is -2.96. The van der Waals surface area contributed by atoms with Gasteiger partial charge in [0.15, 0.2) is 0 Å². The maximum absolute atomic E-state index is 13.6. The van der Waals surface area contributed by atoms with Crippen LogP contribution in [0.1, 0.15) is 15.9 Å². The number of nitrogens with one attached hydrogen (secondary N) is 1. The van der Waals surface area contributed by atoms with Crippen LogP contribution in [-0.4, -0.2) is 15.9 Å². The molecule has 0 atom stereocenters. The lowest BCUT2D eigenvalue weighted by molar-refractivity contribution is -0.385. The van der Waals surface area contributed by atoms with Gasteiger partial charge in [0.2, 0.25) is 0 Å². The number of anilines is 1. The zero-order valence-electron chi connectivity index (χ0n) is 11.0. The van der Waals surface area contributed by atoms with Crippen LogP contribution in [0.15, 0.2) is 36.4 Å². The number of benzene rings is 2. The first-order valence-electron chi connectivity index (χ1n) is 5.94. The SMILES string of the molecule is Cc1cccc(C(=O)Nc2ccc(O)cc2F)c1[N+](=O)[O-]. The number of para-hydroxylation sites is 1. The number of hydrogen-bond acceptors (Lipinski definition) is 4. The van der Waals surface area contributed by atoms with E-state index in [4.69, 9.17) is 5.11 Å². The molecule has 0 saturated heterocycles. The number of phenols is 1. The minimum absolute atomic E-state index is 0.160. The highest BCUT2D eigenvalue weighted by atomic mass is 19.1. The highest BCUT2D eigenvalue weighted by molar-refractivity contribution is 6.07. The van der Waals surface area contributed by atoms with Crippen molar-refractivity contribution in [3.05, 3.63) is 63.5 Å². The second-order valence-electron chi connectivity index (χ2n) is 4.35. The van der Waals surface area contributed by atoms with Crippen LogP contribution in [0.25, 0.3) is 0 Å². The van der Waals surface area contributed by atoms with Crippen molar-refractivity contribution < 1.29 is 19.2 Å². The Morgan fingerprint density at radius 2 is 2.05 bits per heavy atom. The molecule has 0 aromatic heterocycles. The number of carbonyl (C=O) groups is 1. The summed E-state index contributed by atoms with van der Waals surface area (Å²) in [6.07, 6.45) is 0. The van der Waals surface area contributed by atoms with E-state index in [9.17, 15) is 19.3 Å². The van der Waals surface area contributed by atoms with Gasteiger partial charge in [-0.3, -0.25) is 14.9 Å². The average Bonchev–Trinajstić information content (AvgIpc) is 2.41. The van der Waals surface area contributed by atoms with Crippen molar-refractivity contribution in [1.82, 2.24) is 0 Å². The molecule has 7 heteroatoms. The molecule has 0 heterocycles. The van der Waals surface area contributed by atoms with Crippen molar-refractivity contribution in [2.45, 2.75) is 6.92 Å². The van der Waals surface area contributed by atoms with Gasteiger partial charge in [0.05, 0.1) is 10.6 Å². The molecule has 1 amide bonds. The third kappa shape index (κ3) is 2.97. The van der Waals surface area contributed by atoms with E-state index >= 15 is 0 Å². The van der Waals surface area contributed by atoms with Crippen molar-refractivity contribution in [3.63, 3.8) is 0 Å². The number of nitro groups is 1. The summed E-state index contributed by atoms with van der Waals surface area (Å²) in [7, 11) is 0. The fourth-order valence-corrected chi connectivity index (χ4v) is 1.88. The molecule has 6 nitrogen and oxygen atoms in total. The Bertz CT molecular complexity index is 731. The maximum atomic E-state index is 13.6. The van der Waals surface area contributed by atoms with Gasteiger partial charge in [0.1, 0.15) is 17.1 Å². The molecule has 0 aliphatic carbocycles. The van der Waals surface area contributed by atoms with Crippen LogP contribution >= 0.6 is 0 Å². The summed E-state index contributed by atoms with van der Waals surface area (Å²) in [5, 5.41) is 22.4. The number of aromatic hydroxyl groups is 1. The molecule has 0 spiro atoms. The van der Waals surface area contributed by atoms with E-state index in [-0.39, 0.29) is 22.7 Å². The van der Waals surface area contributed by atoms with Crippen LogP contribution in [0.4, 0.5) is 15.8 Å². The second-order valence-corrected chi connectivity index (χ2v) is 4.35. The minimum atomic E-state index is -0.835. The molecule has 2 aromatic rings. The van der Waals surface area contributed by atoms with E-state index in [1.165, 1.54) is 37.3 Å². The van der Waals surface area contributed by atoms with Gasteiger partial charge in [-0.05, 0) is 25.1 Å². The highest BCUT2D eigenvalue weighted by Crippen LogP contribution is 2.25. The Balaban J connectivity index is 2.37. The van der Waals surface area contributed by atoms with E-state index in [0.29, 0.717) is 5.56 Å². The molecule has 2 aromatic carbocycles. The summed E-state index contributed by atoms with van der Waals surface area (Å²) in [4.78, 5) is 22.5. The van der Waals surface area contributed by atoms with Gasteiger partial charge < -0.3 is 10.4 Å². The quantitative estimate of drug-likeness (QED) is 0.516. The van der Waals surface area contributed by atoms with Gasteiger partial charge in [-0.25, -0.2) is 4.39 Å². The van der Waals surface area contributed by atoms with Gasteiger partial charge in [0.25, 0.3) is 11.6 Å². The summed E-state index contributed by atoms with van der Waals surface area (Å²) in [5.74, 6) is -1.92. The number of rotatable bonds is 3. The first kappa shape index (κ1) is 14.4. The van der Waals surface area contributed by atoms with E-state index in [1.807, 2.05) is 0 Å². The Labute approximate surface area is 119 Å². The van der Waals surface area contributed by atoms with Crippen LogP contribution < -0.4 is 5.32 Å². The number of aryl methyl sites for hydroxylation is 1. The number of hydrogen-bond donors (Lipinski definition) is 2. The second kappa shape index (κ2) is 5.58. The van der Waals surface area contributed by atoms with Crippen LogP contribution in [0.3, 0.4) is 0 Å². The largest absolute Gasteiger partial charge is 0.508 e. The standard InChI is InChI=1S/C14H11FN2O4/c1-8-3-2-4-10(13(8)17(20)21)14(19)16-12-6-5-9(18)7-11(12)15/h2-7,18H,1H3,(H,16,19). The van der Waals surface area contributed by atoms with E-state index in [2.05, 4.69) is 5.32 Å². The lowest BCUT2D eigenvalue weighted by atomic mass is 10.1. The number of nitrogens with zero attached hydrogens (tertiary/aromatic N) is 1. The first-order chi connectivity index (χ1) is 9.90. The normalized spacial score (nSPS) is 10.2. The fourth-order valence-electron chi connectivity index (χ4n) is 1.88. The molecule has 2 N–H and O–H groups in total. The molecule has 0 aliphatic rings. The third-order valence-electron chi connectivity index (χ3n) is 2.87. The summed E-state index contributed by atoms with van der Waals surface area (Å²) >= 11 is 0. The highest BCUT2D eigenvalue weighted by Gasteiger charge is 2.23. The Morgan fingerprint density at radius 1 is 1.33 bits per heavy atom. The van der Waals surface area contributed by atoms with Crippen molar-refractivity contribution >= 4 is 17.3 Å². The number of halogens is 1. The molecule has 0 aliphatic heterocycles. The smallest absolute Gasteiger partial charge is 0.285 e. The van der Waals surface area contributed by atoms with E-state index in [0.717, 1.165) is 6.07 Å². The van der Waals surface area contributed by atoms with Crippen molar-refractivity contribution in [2.75, 3.05) is 5.32 Å². The first-order valence-corrected chi connectivity index (χ1v) is 5.94. The molecular formula is C14H11FN2O4. The fraction of sp³-hybridized carbons (Fsp3) is 0.0714. The molecule has 0 saturated carbocycles. The molecule has 2 rings (SSSR count). The molecule has 0 unspecified atom stereocenters. The third-order valence-corrected chi connectivity index (χ3v) is 2.87. The van der Waals surface area contributed by atoms with Gasteiger partial charge in [-0.15, -0.1) is 0 Å². The summed E-state index contributed by atoms with van der Waals surface area (Å²) in [6, 6.07) is 7.51. The average molecular weight is 290 g/mol. The minimum Gasteiger partial charge on any atom is -0.508 e. The zero-order valence-corrected chi connectivity index (χ0v) is 11.0. The van der Waals surface area contributed by atoms with Gasteiger partial charge in [-0.1, -0.05) is 12.1 Å². The summed E-state index contributed by atoms with van der Waals surface area (Å²) < 4.78 is 13.6. The van der Waals surface area contributed by atoms with Crippen molar-refractivity contribution in [2.24, 2.45) is 0 Å². The number of phenolic OH excluding ortho intramolecular Hbond substituents is 1. The lowest BCUT2D eigenvalue weighted by Gasteiger charge is -2.08. The molecule has 21 heavy (non-hydrogen) atoms. The predicted octanol–water partition coefficient (Wildman–Crippen LogP) is 3.00. The van der Waals surface area contributed by atoms with Crippen LogP contribution in [0.5, 0.6) is 5.75 Å². The van der Waals surface area contributed by atoms with Gasteiger partial charge in [0, 0.05) is 11.6 Å². The Morgan fingerprint density at radius 3 is 2.67 bits per heavy atom. The molecule has 108 valence electrons. The number of carbonyl (C=O) groups excluding carboxylic acids is 1. The number of amides is 1. The van der Waals surface area contributed by atoms with E-state index < -0.39 is 16.6 Å². The van der Waals surface area contributed by atoms with E-state index in [1.54, 1.807) is 0 Å². The lowest BCUT2D eigenvalue weighted by Crippen LogP contribution is -2.15. The van der Waals surface area contributed by atoms with Gasteiger partial charge in [-0.2, -0.15) is 0 Å². The maximum Gasteiger partial charge on any atom is 0.285 e. The molecule has 0 bridgehead atoms. The van der Waals surface area contributed by atoms with Crippen LogP contribution in [0, 0.1) is 22.9 Å². The Kier molecular flexibility index (Phi) is 3.84. The van der Waals surface area contributed by atoms with Crippen molar-refractivity contribution in [1.29, 1.82) is 0 Å². The van der Waals surface area contributed by atoms with Crippen molar-refractivity contribution in [3.8, 4) is 5.75 Å². The molecule has 0 radical (unpaired) electrons. The summed E-state index contributed by atoms with van der Waals surface area (Å²) in [6.45, 7) is 1.51. The van der Waals surface area contributed by atoms with Gasteiger partial charge >= 0.3 is 0 Å². The summed E-state index contributed by atoms with van der Waals surface area (Å²) in [5.41, 5.74) is -0.325. The molecular weight excluding hydrogens is 279 g/mol. The number of nitro benzene ring substituents is 1. The molecule has 0 fully saturated rings. The van der Waals surface area contributed by atoms with Crippen LogP contribution in [-0.2, 0) is 0 Å². The topological polar surface area (TPSA) is 92.5 Å².